The third-order valence-electron chi connectivity index (χ3n) is 3.14. The molecule has 0 saturated heterocycles. The van der Waals surface area contributed by atoms with E-state index in [-0.39, 0.29) is 24.5 Å². The standard InChI is InChI=1S/C16H14F3N3O4/c17-16(18,19)15(23)21-11-6-7-13(14(10-11)22(24)25)20-8-9-26-12-4-2-1-3-5-12/h1-7,10,20H,8-9H2,(H,21,23). The van der Waals surface area contributed by atoms with Gasteiger partial charge in [-0.2, -0.15) is 13.2 Å². The maximum absolute atomic E-state index is 12.2. The van der Waals surface area contributed by atoms with Gasteiger partial charge in [0.25, 0.3) is 5.69 Å². The molecule has 0 fully saturated rings. The molecule has 0 aliphatic rings. The zero-order valence-corrected chi connectivity index (χ0v) is 13.2. The van der Waals surface area contributed by atoms with Crippen LogP contribution in [0.5, 0.6) is 5.75 Å². The van der Waals surface area contributed by atoms with E-state index in [1.54, 1.807) is 29.6 Å². The predicted molar refractivity (Wildman–Crippen MR) is 88.2 cm³/mol. The summed E-state index contributed by atoms with van der Waals surface area (Å²) in [7, 11) is 0. The molecular weight excluding hydrogens is 355 g/mol. The van der Waals surface area contributed by atoms with Crippen LogP contribution in [0.1, 0.15) is 0 Å². The fraction of sp³-hybridized carbons (Fsp3) is 0.188. The van der Waals surface area contributed by atoms with Crippen molar-refractivity contribution in [2.24, 2.45) is 0 Å². The van der Waals surface area contributed by atoms with Gasteiger partial charge in [-0.05, 0) is 24.3 Å². The van der Waals surface area contributed by atoms with Crippen LogP contribution in [0.15, 0.2) is 48.5 Å². The maximum Gasteiger partial charge on any atom is 0.471 e. The van der Waals surface area contributed by atoms with Crippen LogP contribution in [0, 0.1) is 10.1 Å². The van der Waals surface area contributed by atoms with Crippen LogP contribution in [0.25, 0.3) is 0 Å². The van der Waals surface area contributed by atoms with Gasteiger partial charge in [-0.1, -0.05) is 18.2 Å². The highest BCUT2D eigenvalue weighted by molar-refractivity contribution is 5.95. The third-order valence-corrected chi connectivity index (χ3v) is 3.14. The molecule has 0 heterocycles. The Hall–Kier alpha value is -3.30. The number of ether oxygens (including phenoxy) is 1. The zero-order valence-electron chi connectivity index (χ0n) is 13.2. The minimum atomic E-state index is -5.08. The second-order valence-corrected chi connectivity index (χ2v) is 5.03. The number of benzene rings is 2. The van der Waals surface area contributed by atoms with Crippen molar-refractivity contribution in [3.8, 4) is 5.75 Å². The molecule has 7 nitrogen and oxygen atoms in total. The highest BCUT2D eigenvalue weighted by Gasteiger charge is 2.38. The van der Waals surface area contributed by atoms with Crippen LogP contribution in [-0.2, 0) is 4.79 Å². The number of carbonyl (C=O) groups excluding carboxylic acids is 1. The van der Waals surface area contributed by atoms with E-state index >= 15 is 0 Å². The Morgan fingerprint density at radius 1 is 1.15 bits per heavy atom. The Morgan fingerprint density at radius 2 is 1.85 bits per heavy atom. The number of nitro benzene ring substituents is 1. The molecule has 0 unspecified atom stereocenters. The summed E-state index contributed by atoms with van der Waals surface area (Å²) in [6.45, 7) is 0.442. The van der Waals surface area contributed by atoms with Crippen LogP contribution >= 0.6 is 0 Å². The predicted octanol–water partition coefficient (Wildman–Crippen LogP) is 3.59. The normalized spacial score (nSPS) is 10.9. The number of amides is 1. The van der Waals surface area contributed by atoms with E-state index in [0.29, 0.717) is 5.75 Å². The van der Waals surface area contributed by atoms with Crippen LogP contribution in [0.3, 0.4) is 0 Å². The largest absolute Gasteiger partial charge is 0.492 e. The summed E-state index contributed by atoms with van der Waals surface area (Å²) in [6.07, 6.45) is -5.08. The van der Waals surface area contributed by atoms with E-state index in [1.807, 2.05) is 6.07 Å². The number of nitrogens with zero attached hydrogens (tertiary/aromatic N) is 1. The number of nitrogens with one attached hydrogen (secondary N) is 2. The lowest BCUT2D eigenvalue weighted by atomic mass is 10.2. The molecule has 0 atom stereocenters. The first-order chi connectivity index (χ1) is 12.3. The number of anilines is 2. The fourth-order valence-corrected chi connectivity index (χ4v) is 1.98. The Balaban J connectivity index is 1.99. The van der Waals surface area contributed by atoms with Gasteiger partial charge in [-0.3, -0.25) is 14.9 Å². The number of carbonyl (C=O) groups is 1. The number of para-hydroxylation sites is 1. The van der Waals surface area contributed by atoms with Gasteiger partial charge < -0.3 is 15.4 Å². The molecular formula is C16H14F3N3O4. The summed E-state index contributed by atoms with van der Waals surface area (Å²) in [4.78, 5) is 21.3. The molecule has 0 aromatic heterocycles. The summed E-state index contributed by atoms with van der Waals surface area (Å²) in [5.41, 5.74) is -0.702. The number of rotatable bonds is 7. The summed E-state index contributed by atoms with van der Waals surface area (Å²) < 4.78 is 42.2. The van der Waals surface area contributed by atoms with Crippen molar-refractivity contribution in [2.45, 2.75) is 6.18 Å². The molecule has 138 valence electrons. The lowest BCUT2D eigenvalue weighted by molar-refractivity contribution is -0.383. The number of hydrogen-bond donors (Lipinski definition) is 2. The fourth-order valence-electron chi connectivity index (χ4n) is 1.98. The second-order valence-electron chi connectivity index (χ2n) is 5.03. The van der Waals surface area contributed by atoms with Gasteiger partial charge in [0.2, 0.25) is 0 Å². The summed E-state index contributed by atoms with van der Waals surface area (Å²) in [5, 5.41) is 15.5. The Bertz CT molecular complexity index is 782. The molecule has 0 radical (unpaired) electrons. The van der Waals surface area contributed by atoms with Crippen molar-refractivity contribution in [2.75, 3.05) is 23.8 Å². The lowest BCUT2D eigenvalue weighted by Gasteiger charge is -2.11. The van der Waals surface area contributed by atoms with Gasteiger partial charge in [0.05, 0.1) is 4.92 Å². The smallest absolute Gasteiger partial charge is 0.471 e. The Labute approximate surface area is 145 Å². The quantitative estimate of drug-likeness (QED) is 0.442. The van der Waals surface area contributed by atoms with Crippen LogP contribution < -0.4 is 15.4 Å². The number of nitro groups is 1. The molecule has 0 saturated carbocycles. The van der Waals surface area contributed by atoms with Crippen molar-refractivity contribution in [3.05, 3.63) is 58.6 Å². The van der Waals surface area contributed by atoms with Crippen molar-refractivity contribution in [1.82, 2.24) is 0 Å². The molecule has 2 rings (SSSR count). The van der Waals surface area contributed by atoms with E-state index < -0.39 is 22.7 Å². The van der Waals surface area contributed by atoms with Gasteiger partial charge in [-0.25, -0.2) is 0 Å². The van der Waals surface area contributed by atoms with Crippen LogP contribution in [-0.4, -0.2) is 30.2 Å². The van der Waals surface area contributed by atoms with Gasteiger partial charge in [-0.15, -0.1) is 0 Å². The van der Waals surface area contributed by atoms with E-state index in [1.165, 1.54) is 6.07 Å². The molecule has 2 aromatic rings. The van der Waals surface area contributed by atoms with Gasteiger partial charge in [0, 0.05) is 18.3 Å². The van der Waals surface area contributed by atoms with E-state index in [4.69, 9.17) is 4.74 Å². The minimum absolute atomic E-state index is 0.0941. The molecule has 2 N–H and O–H groups in total. The van der Waals surface area contributed by atoms with E-state index in [9.17, 15) is 28.1 Å². The molecule has 0 aliphatic heterocycles. The second kappa shape index (κ2) is 8.19. The molecule has 1 amide bonds. The van der Waals surface area contributed by atoms with Gasteiger partial charge >= 0.3 is 12.1 Å². The molecule has 0 bridgehead atoms. The number of hydrogen-bond acceptors (Lipinski definition) is 5. The lowest BCUT2D eigenvalue weighted by Crippen LogP contribution is -2.29. The maximum atomic E-state index is 12.2. The first-order valence-electron chi connectivity index (χ1n) is 7.35. The number of alkyl halides is 3. The summed E-state index contributed by atoms with van der Waals surface area (Å²) >= 11 is 0. The Morgan fingerprint density at radius 3 is 2.46 bits per heavy atom. The average molecular weight is 369 g/mol. The van der Waals surface area contributed by atoms with Crippen LogP contribution in [0.2, 0.25) is 0 Å². The first-order valence-corrected chi connectivity index (χ1v) is 7.35. The molecule has 0 aliphatic carbocycles. The van der Waals surface area contributed by atoms with Crippen molar-refractivity contribution >= 4 is 23.0 Å². The van der Waals surface area contributed by atoms with Crippen molar-refractivity contribution in [1.29, 1.82) is 0 Å². The summed E-state index contributed by atoms with van der Waals surface area (Å²) in [6, 6.07) is 12.1. The van der Waals surface area contributed by atoms with Gasteiger partial charge in [0.15, 0.2) is 0 Å². The highest BCUT2D eigenvalue weighted by atomic mass is 19.4. The summed E-state index contributed by atoms with van der Waals surface area (Å²) in [5.74, 6) is -1.57. The third kappa shape index (κ3) is 5.36. The van der Waals surface area contributed by atoms with Crippen molar-refractivity contribution in [3.63, 3.8) is 0 Å². The molecule has 2 aromatic carbocycles. The van der Waals surface area contributed by atoms with Crippen molar-refractivity contribution < 1.29 is 27.6 Å². The monoisotopic (exact) mass is 369 g/mol. The van der Waals surface area contributed by atoms with Crippen LogP contribution in [0.4, 0.5) is 30.2 Å². The first kappa shape index (κ1) is 19.0. The van der Waals surface area contributed by atoms with E-state index in [2.05, 4.69) is 5.32 Å². The van der Waals surface area contributed by atoms with E-state index in [0.717, 1.165) is 12.1 Å². The highest BCUT2D eigenvalue weighted by Crippen LogP contribution is 2.28. The molecule has 26 heavy (non-hydrogen) atoms. The molecule has 0 spiro atoms. The Kier molecular flexibility index (Phi) is 5.99. The molecule has 10 heteroatoms. The topological polar surface area (TPSA) is 93.5 Å². The SMILES string of the molecule is O=C(Nc1ccc(NCCOc2ccccc2)c([N+](=O)[O-])c1)C(F)(F)F. The van der Waals surface area contributed by atoms with Gasteiger partial charge in [0.1, 0.15) is 18.0 Å². The minimum Gasteiger partial charge on any atom is -0.492 e. The number of halogens is 3. The average Bonchev–Trinajstić information content (AvgIpc) is 2.59. The zero-order chi connectivity index (χ0) is 19.2.